The van der Waals surface area contributed by atoms with E-state index in [1.54, 1.807) is 0 Å². The number of aromatic nitrogens is 2. The second kappa shape index (κ2) is 11.6. The lowest BCUT2D eigenvalue weighted by Gasteiger charge is -2.25. The molecule has 0 radical (unpaired) electrons. The predicted octanol–water partition coefficient (Wildman–Crippen LogP) is 10.8. The number of hydrogen-bond acceptors (Lipinski definition) is 3. The van der Waals surface area contributed by atoms with Crippen molar-refractivity contribution in [3.63, 3.8) is 0 Å². The number of hydrogen-bond donors (Lipinski definition) is 1. The summed E-state index contributed by atoms with van der Waals surface area (Å²) in [6, 6.07) is 58.7. The molecule has 0 amide bonds. The minimum atomic E-state index is 0.636. The van der Waals surface area contributed by atoms with E-state index in [-0.39, 0.29) is 0 Å². The molecule has 5 heteroatoms. The molecule has 11 rings (SSSR count). The van der Waals surface area contributed by atoms with Crippen LogP contribution in [0.3, 0.4) is 0 Å². The number of rotatable bonds is 5. The Bertz CT molecular complexity index is 3050. The first-order valence-electron chi connectivity index (χ1n) is 18.2. The standard InChI is InChI=1S/C48H32BN3O/c1-29-20-22-34(23-21-29)50-40-19-11-10-18-35(40)37-26-36(30-12-4-2-5-13-30)45-38-24-32-16-8-9-17-33(32)25-42(38)52-43-28-41-44(27-39(43)49-46(37)47(45)52)53-48(51-41)31-14-6-3-7-15-31/h2-28,49-50H,1H3. The van der Waals surface area contributed by atoms with Gasteiger partial charge in [0.05, 0.1) is 5.52 Å². The average molecular weight is 678 g/mol. The molecule has 0 aliphatic carbocycles. The van der Waals surface area contributed by atoms with Gasteiger partial charge in [-0.05, 0) is 101 Å². The van der Waals surface area contributed by atoms with Gasteiger partial charge in [0.2, 0.25) is 5.89 Å². The van der Waals surface area contributed by atoms with Gasteiger partial charge in [-0.3, -0.25) is 0 Å². The van der Waals surface area contributed by atoms with Crippen molar-refractivity contribution >= 4 is 73.3 Å². The third-order valence-electron chi connectivity index (χ3n) is 10.9. The van der Waals surface area contributed by atoms with E-state index in [1.165, 1.54) is 71.3 Å². The maximum atomic E-state index is 6.46. The van der Waals surface area contributed by atoms with E-state index in [2.05, 4.69) is 150 Å². The Morgan fingerprint density at radius 2 is 1.32 bits per heavy atom. The number of fused-ring (bicyclic) bond motifs is 7. The highest BCUT2D eigenvalue weighted by molar-refractivity contribution is 6.74. The molecule has 248 valence electrons. The summed E-state index contributed by atoms with van der Waals surface area (Å²) in [4.78, 5) is 5.02. The molecule has 3 heterocycles. The number of nitrogens with one attached hydrogen (secondary N) is 1. The fourth-order valence-corrected chi connectivity index (χ4v) is 8.35. The van der Waals surface area contributed by atoms with Crippen molar-refractivity contribution in [2.24, 2.45) is 0 Å². The van der Waals surface area contributed by atoms with Crippen LogP contribution in [0.1, 0.15) is 5.56 Å². The van der Waals surface area contributed by atoms with Crippen LogP contribution in [0.5, 0.6) is 0 Å². The van der Waals surface area contributed by atoms with Crippen molar-refractivity contribution < 1.29 is 4.42 Å². The van der Waals surface area contributed by atoms with Crippen LogP contribution in [0.2, 0.25) is 0 Å². The predicted molar refractivity (Wildman–Crippen MR) is 223 cm³/mol. The zero-order valence-electron chi connectivity index (χ0n) is 29.1. The van der Waals surface area contributed by atoms with Gasteiger partial charge in [-0.1, -0.05) is 114 Å². The van der Waals surface area contributed by atoms with Gasteiger partial charge >= 0.3 is 0 Å². The third kappa shape index (κ3) is 4.74. The lowest BCUT2D eigenvalue weighted by atomic mass is 9.58. The molecule has 2 aromatic heterocycles. The van der Waals surface area contributed by atoms with Crippen LogP contribution in [0.4, 0.5) is 11.4 Å². The normalized spacial score (nSPS) is 12.0. The van der Waals surface area contributed by atoms with Crippen LogP contribution in [-0.4, -0.2) is 16.8 Å². The van der Waals surface area contributed by atoms with Gasteiger partial charge in [-0.15, -0.1) is 0 Å². The van der Waals surface area contributed by atoms with E-state index in [0.717, 1.165) is 41.0 Å². The van der Waals surface area contributed by atoms with Gasteiger partial charge in [0, 0.05) is 44.5 Å². The molecule has 1 aliphatic heterocycles. The molecular weight excluding hydrogens is 645 g/mol. The smallest absolute Gasteiger partial charge is 0.227 e. The van der Waals surface area contributed by atoms with Crippen molar-refractivity contribution in [3.05, 3.63) is 169 Å². The molecule has 0 fully saturated rings. The van der Waals surface area contributed by atoms with Crippen LogP contribution in [0, 0.1) is 6.92 Å². The number of benzene rings is 8. The first-order chi connectivity index (χ1) is 26.2. The molecule has 0 spiro atoms. The van der Waals surface area contributed by atoms with E-state index >= 15 is 0 Å². The van der Waals surface area contributed by atoms with Crippen LogP contribution in [0.15, 0.2) is 168 Å². The first kappa shape index (κ1) is 29.8. The second-order valence-electron chi connectivity index (χ2n) is 14.1. The van der Waals surface area contributed by atoms with Crippen LogP contribution in [0.25, 0.3) is 83.1 Å². The Morgan fingerprint density at radius 3 is 2.11 bits per heavy atom. The Labute approximate surface area is 307 Å². The zero-order chi connectivity index (χ0) is 35.0. The molecule has 0 atom stereocenters. The molecule has 1 aliphatic rings. The van der Waals surface area contributed by atoms with Crippen LogP contribution in [-0.2, 0) is 0 Å². The second-order valence-corrected chi connectivity index (χ2v) is 14.1. The van der Waals surface area contributed by atoms with E-state index in [0.29, 0.717) is 5.89 Å². The van der Waals surface area contributed by atoms with E-state index in [9.17, 15) is 0 Å². The summed E-state index contributed by atoms with van der Waals surface area (Å²) in [7, 11) is 0.752. The maximum absolute atomic E-state index is 6.46. The molecule has 8 aromatic carbocycles. The van der Waals surface area contributed by atoms with Crippen LogP contribution < -0.4 is 16.2 Å². The van der Waals surface area contributed by atoms with E-state index in [1.807, 2.05) is 30.3 Å². The highest BCUT2D eigenvalue weighted by Crippen LogP contribution is 2.44. The monoisotopic (exact) mass is 677 g/mol. The molecule has 0 bridgehead atoms. The molecular formula is C48H32BN3O. The maximum Gasteiger partial charge on any atom is 0.227 e. The zero-order valence-corrected chi connectivity index (χ0v) is 29.1. The van der Waals surface area contributed by atoms with Gasteiger partial charge < -0.3 is 14.3 Å². The highest BCUT2D eigenvalue weighted by atomic mass is 16.3. The minimum Gasteiger partial charge on any atom is -0.436 e. The van der Waals surface area contributed by atoms with Gasteiger partial charge in [-0.25, -0.2) is 4.98 Å². The molecule has 1 N–H and O–H groups in total. The van der Waals surface area contributed by atoms with Gasteiger partial charge in [0.15, 0.2) is 12.9 Å². The Kier molecular flexibility index (Phi) is 6.53. The summed E-state index contributed by atoms with van der Waals surface area (Å²) in [6.07, 6.45) is 0. The van der Waals surface area contributed by atoms with Crippen molar-refractivity contribution in [2.45, 2.75) is 6.92 Å². The van der Waals surface area contributed by atoms with Gasteiger partial charge in [0.25, 0.3) is 0 Å². The molecule has 0 unspecified atom stereocenters. The quantitative estimate of drug-likeness (QED) is 0.184. The topological polar surface area (TPSA) is 43.0 Å². The van der Waals surface area contributed by atoms with Gasteiger partial charge in [-0.2, -0.15) is 0 Å². The fraction of sp³-hybridized carbons (Fsp3) is 0.0208. The minimum absolute atomic E-state index is 0.636. The fourth-order valence-electron chi connectivity index (χ4n) is 8.35. The van der Waals surface area contributed by atoms with E-state index < -0.39 is 0 Å². The Hall–Kier alpha value is -6.85. The SMILES string of the molecule is Cc1ccc(Nc2ccccc2-c2cc(-c3ccccc3)c3c4cc5ccccc5cc4n4c3c2Bc2cc3oc(-c5ccccc5)nc3cc2-4)cc1. The third-order valence-corrected chi connectivity index (χ3v) is 10.9. The summed E-state index contributed by atoms with van der Waals surface area (Å²) in [6.45, 7) is 2.12. The molecule has 10 aromatic rings. The largest absolute Gasteiger partial charge is 0.436 e. The Balaban J connectivity index is 1.25. The van der Waals surface area contributed by atoms with Crippen molar-refractivity contribution in [1.82, 2.24) is 9.55 Å². The first-order valence-corrected chi connectivity index (χ1v) is 18.2. The summed E-state index contributed by atoms with van der Waals surface area (Å²) in [5.74, 6) is 0.636. The Morgan fingerprint density at radius 1 is 0.623 bits per heavy atom. The average Bonchev–Trinajstić information content (AvgIpc) is 3.78. The number of para-hydroxylation sites is 1. The lowest BCUT2D eigenvalue weighted by Crippen LogP contribution is -2.37. The van der Waals surface area contributed by atoms with Crippen LogP contribution >= 0.6 is 0 Å². The lowest BCUT2D eigenvalue weighted by molar-refractivity contribution is 0.620. The van der Waals surface area contributed by atoms with Crippen molar-refractivity contribution in [1.29, 1.82) is 0 Å². The van der Waals surface area contributed by atoms with Crippen molar-refractivity contribution in [2.75, 3.05) is 5.32 Å². The number of anilines is 2. The van der Waals surface area contributed by atoms with Crippen molar-refractivity contribution in [3.8, 4) is 39.4 Å². The molecule has 0 saturated heterocycles. The molecule has 4 nitrogen and oxygen atoms in total. The molecule has 53 heavy (non-hydrogen) atoms. The number of nitrogens with zero attached hydrogens (tertiary/aromatic N) is 2. The van der Waals surface area contributed by atoms with Gasteiger partial charge in [0.1, 0.15) is 5.52 Å². The summed E-state index contributed by atoms with van der Waals surface area (Å²) >= 11 is 0. The summed E-state index contributed by atoms with van der Waals surface area (Å²) in [5, 5.41) is 8.74. The summed E-state index contributed by atoms with van der Waals surface area (Å²) < 4.78 is 8.97. The highest BCUT2D eigenvalue weighted by Gasteiger charge is 2.30. The van der Waals surface area contributed by atoms with E-state index in [4.69, 9.17) is 9.40 Å². The number of oxazole rings is 1. The number of aryl methyl sites for hydroxylation is 1. The summed E-state index contributed by atoms with van der Waals surface area (Å²) in [5.41, 5.74) is 16.9. The molecule has 0 saturated carbocycles.